The van der Waals surface area contributed by atoms with Gasteiger partial charge in [0.15, 0.2) is 0 Å². The van der Waals surface area contributed by atoms with Crippen molar-refractivity contribution in [3.05, 3.63) is 71.3 Å². The van der Waals surface area contributed by atoms with Crippen molar-refractivity contribution in [1.29, 1.82) is 0 Å². The van der Waals surface area contributed by atoms with E-state index in [2.05, 4.69) is 5.32 Å². The van der Waals surface area contributed by atoms with E-state index in [1.165, 1.54) is 4.90 Å². The fourth-order valence-electron chi connectivity index (χ4n) is 3.77. The summed E-state index contributed by atoms with van der Waals surface area (Å²) in [5, 5.41) is 3.06. The van der Waals surface area contributed by atoms with Crippen molar-refractivity contribution in [3.8, 4) is 0 Å². The zero-order valence-corrected chi connectivity index (χ0v) is 15.9. The number of rotatable bonds is 4. The smallest absolute Gasteiger partial charge is 0.238 e. The number of fused-ring (bicyclic) bond motifs is 1. The van der Waals surface area contributed by atoms with Crippen LogP contribution in [0.2, 0.25) is 5.02 Å². The van der Waals surface area contributed by atoms with E-state index in [-0.39, 0.29) is 41.0 Å². The van der Waals surface area contributed by atoms with Crippen LogP contribution in [0.4, 0.5) is 11.4 Å². The predicted octanol–water partition coefficient (Wildman–Crippen LogP) is 3.98. The van der Waals surface area contributed by atoms with Gasteiger partial charge in [-0.25, -0.2) is 4.90 Å². The van der Waals surface area contributed by atoms with Gasteiger partial charge in [0.25, 0.3) is 0 Å². The summed E-state index contributed by atoms with van der Waals surface area (Å²) in [6, 6.07) is 14.2. The molecule has 2 aromatic rings. The highest BCUT2D eigenvalue weighted by Gasteiger charge is 2.47. The van der Waals surface area contributed by atoms with Crippen LogP contribution in [0.1, 0.15) is 18.4 Å². The fourth-order valence-corrected chi connectivity index (χ4v) is 4.00. The summed E-state index contributed by atoms with van der Waals surface area (Å²) in [6.45, 7) is 0. The van der Waals surface area contributed by atoms with Gasteiger partial charge in [-0.3, -0.25) is 14.4 Å². The Morgan fingerprint density at radius 3 is 2.25 bits per heavy atom. The third kappa shape index (κ3) is 3.45. The van der Waals surface area contributed by atoms with Gasteiger partial charge in [0.1, 0.15) is 0 Å². The number of hydrogen-bond donors (Lipinski definition) is 1. The van der Waals surface area contributed by atoms with Crippen molar-refractivity contribution in [1.82, 2.24) is 0 Å². The number of halogens is 1. The summed E-state index contributed by atoms with van der Waals surface area (Å²) >= 11 is 6.33. The molecular weight excluding hydrogens is 376 g/mol. The molecule has 0 spiro atoms. The highest BCUT2D eigenvalue weighted by atomic mass is 35.5. The van der Waals surface area contributed by atoms with Gasteiger partial charge >= 0.3 is 0 Å². The Labute approximate surface area is 168 Å². The van der Waals surface area contributed by atoms with E-state index in [4.69, 9.17) is 11.6 Å². The first-order valence-electron chi connectivity index (χ1n) is 9.21. The standard InChI is InChI=1S/C22H19ClN2O3/c23-18-13-15(25-21(27)16-8-4-5-9-17(16)22(25)28)10-11-19(18)24-20(26)12-14-6-2-1-3-7-14/h1-7,10-11,13,16-17H,8-9,12H2,(H,24,26)/t16-,17-/m0/s1. The zero-order valence-electron chi connectivity index (χ0n) is 15.1. The largest absolute Gasteiger partial charge is 0.324 e. The van der Waals surface area contributed by atoms with Crippen LogP contribution in [0.5, 0.6) is 0 Å². The molecule has 142 valence electrons. The van der Waals surface area contributed by atoms with Gasteiger partial charge in [-0.2, -0.15) is 0 Å². The van der Waals surface area contributed by atoms with Crippen molar-refractivity contribution in [2.75, 3.05) is 10.2 Å². The van der Waals surface area contributed by atoms with Crippen molar-refractivity contribution in [2.45, 2.75) is 19.3 Å². The van der Waals surface area contributed by atoms with E-state index in [0.29, 0.717) is 24.2 Å². The molecule has 2 aromatic carbocycles. The minimum absolute atomic E-state index is 0.184. The van der Waals surface area contributed by atoms with Crippen molar-refractivity contribution in [3.63, 3.8) is 0 Å². The summed E-state index contributed by atoms with van der Waals surface area (Å²) in [7, 11) is 0. The molecule has 4 rings (SSSR count). The van der Waals surface area contributed by atoms with Gasteiger partial charge in [0.2, 0.25) is 17.7 Å². The van der Waals surface area contributed by atoms with Crippen molar-refractivity contribution in [2.24, 2.45) is 11.8 Å². The molecule has 0 aromatic heterocycles. The van der Waals surface area contributed by atoms with E-state index >= 15 is 0 Å². The average Bonchev–Trinajstić information content (AvgIpc) is 2.95. The first-order chi connectivity index (χ1) is 13.5. The van der Waals surface area contributed by atoms with Crippen LogP contribution in [-0.4, -0.2) is 17.7 Å². The lowest BCUT2D eigenvalue weighted by molar-refractivity contribution is -0.122. The van der Waals surface area contributed by atoms with Gasteiger partial charge in [-0.15, -0.1) is 0 Å². The number of benzene rings is 2. The number of allylic oxidation sites excluding steroid dienone is 2. The summed E-state index contributed by atoms with van der Waals surface area (Å²) in [5.41, 5.74) is 1.79. The third-order valence-corrected chi connectivity index (χ3v) is 5.51. The topological polar surface area (TPSA) is 66.5 Å². The number of anilines is 2. The first kappa shape index (κ1) is 18.4. The maximum absolute atomic E-state index is 12.7. The lowest BCUT2D eigenvalue weighted by Gasteiger charge is -2.16. The van der Waals surface area contributed by atoms with Crippen LogP contribution >= 0.6 is 11.6 Å². The Bertz CT molecular complexity index is 945. The number of amides is 3. The SMILES string of the molecule is O=C(Cc1ccccc1)Nc1ccc(N2C(=O)[C@H]3CC=CC[C@@H]3C2=O)cc1Cl. The Morgan fingerprint density at radius 2 is 1.64 bits per heavy atom. The summed E-state index contributed by atoms with van der Waals surface area (Å²) < 4.78 is 0. The molecule has 2 atom stereocenters. The van der Waals surface area contributed by atoms with E-state index in [0.717, 1.165) is 5.56 Å². The van der Waals surface area contributed by atoms with E-state index in [9.17, 15) is 14.4 Å². The highest BCUT2D eigenvalue weighted by Crippen LogP contribution is 2.39. The molecule has 1 N–H and O–H groups in total. The van der Waals surface area contributed by atoms with Crippen molar-refractivity contribution < 1.29 is 14.4 Å². The lowest BCUT2D eigenvalue weighted by Crippen LogP contribution is -2.30. The van der Waals surface area contributed by atoms with E-state index < -0.39 is 0 Å². The van der Waals surface area contributed by atoms with Gasteiger partial charge in [0.05, 0.1) is 34.7 Å². The number of carbonyl (C=O) groups excluding carboxylic acids is 3. The minimum atomic E-state index is -0.290. The molecule has 1 fully saturated rings. The summed E-state index contributed by atoms with van der Waals surface area (Å²) in [5.74, 6) is -1.14. The second-order valence-electron chi connectivity index (χ2n) is 7.04. The maximum Gasteiger partial charge on any atom is 0.238 e. The van der Waals surface area contributed by atoms with E-state index in [1.807, 2.05) is 42.5 Å². The molecule has 0 saturated carbocycles. The molecule has 6 heteroatoms. The Hall–Kier alpha value is -2.92. The zero-order chi connectivity index (χ0) is 19.7. The molecule has 1 saturated heterocycles. The van der Waals surface area contributed by atoms with Crippen molar-refractivity contribution >= 4 is 40.7 Å². The van der Waals surface area contributed by atoms with Crippen LogP contribution in [0.3, 0.4) is 0 Å². The van der Waals surface area contributed by atoms with Crippen LogP contribution in [0, 0.1) is 11.8 Å². The fraction of sp³-hybridized carbons (Fsp3) is 0.227. The summed E-state index contributed by atoms with van der Waals surface area (Å²) in [6.07, 6.45) is 5.32. The minimum Gasteiger partial charge on any atom is -0.324 e. The van der Waals surface area contributed by atoms with Crippen LogP contribution in [0.15, 0.2) is 60.7 Å². The molecule has 2 aliphatic rings. The second-order valence-corrected chi connectivity index (χ2v) is 7.45. The Morgan fingerprint density at radius 1 is 1.00 bits per heavy atom. The summed E-state index contributed by atoms with van der Waals surface area (Å²) in [4.78, 5) is 38.9. The van der Waals surface area contributed by atoms with E-state index in [1.54, 1.807) is 18.2 Å². The molecule has 0 bridgehead atoms. The third-order valence-electron chi connectivity index (χ3n) is 5.20. The normalized spacial score (nSPS) is 21.0. The lowest BCUT2D eigenvalue weighted by atomic mass is 9.85. The molecule has 1 heterocycles. The molecule has 0 unspecified atom stereocenters. The Kier molecular flexibility index (Phi) is 5.01. The van der Waals surface area contributed by atoms with Crippen LogP contribution in [0.25, 0.3) is 0 Å². The number of hydrogen-bond acceptors (Lipinski definition) is 3. The number of nitrogens with one attached hydrogen (secondary N) is 1. The van der Waals surface area contributed by atoms with Gasteiger partial charge in [-0.1, -0.05) is 54.1 Å². The average molecular weight is 395 g/mol. The number of nitrogens with zero attached hydrogens (tertiary/aromatic N) is 1. The van der Waals surface area contributed by atoms with Gasteiger partial charge in [-0.05, 0) is 36.6 Å². The van der Waals surface area contributed by atoms with Crippen LogP contribution < -0.4 is 10.2 Å². The molecular formula is C22H19ClN2O3. The molecule has 1 aliphatic heterocycles. The molecule has 3 amide bonds. The molecule has 28 heavy (non-hydrogen) atoms. The molecule has 1 aliphatic carbocycles. The van der Waals surface area contributed by atoms with Crippen LogP contribution in [-0.2, 0) is 20.8 Å². The van der Waals surface area contributed by atoms with Gasteiger partial charge in [0, 0.05) is 0 Å². The molecule has 0 radical (unpaired) electrons. The predicted molar refractivity (Wildman–Crippen MR) is 108 cm³/mol. The highest BCUT2D eigenvalue weighted by molar-refractivity contribution is 6.34. The number of carbonyl (C=O) groups is 3. The monoisotopic (exact) mass is 394 g/mol. The maximum atomic E-state index is 12.7. The second kappa shape index (κ2) is 7.60. The quantitative estimate of drug-likeness (QED) is 0.630. The first-order valence-corrected chi connectivity index (χ1v) is 9.58. The number of imide groups is 1. The van der Waals surface area contributed by atoms with Gasteiger partial charge < -0.3 is 5.32 Å². The molecule has 5 nitrogen and oxygen atoms in total. The Balaban J connectivity index is 1.50.